The van der Waals surface area contributed by atoms with Crippen LogP contribution in [0.3, 0.4) is 0 Å². The zero-order valence-electron chi connectivity index (χ0n) is 12.6. The van der Waals surface area contributed by atoms with E-state index in [-0.39, 0.29) is 0 Å². The van der Waals surface area contributed by atoms with Gasteiger partial charge in [-0.3, -0.25) is 0 Å². The van der Waals surface area contributed by atoms with Gasteiger partial charge in [0, 0.05) is 48.5 Å². The molecule has 2 N–H and O–H groups in total. The highest BCUT2D eigenvalue weighted by Crippen LogP contribution is 2.25. The summed E-state index contributed by atoms with van der Waals surface area (Å²) in [5.74, 6) is 0. The van der Waals surface area contributed by atoms with Crippen molar-refractivity contribution < 1.29 is 0 Å². The molecule has 1 atom stereocenters. The minimum Gasteiger partial charge on any atom is -0.366 e. The van der Waals surface area contributed by atoms with Gasteiger partial charge >= 0.3 is 0 Å². The fourth-order valence-corrected chi connectivity index (χ4v) is 3.39. The van der Waals surface area contributed by atoms with E-state index in [0.29, 0.717) is 6.04 Å². The summed E-state index contributed by atoms with van der Waals surface area (Å²) in [6.45, 7) is 3.16. The molecule has 0 radical (unpaired) electrons. The van der Waals surface area contributed by atoms with Crippen LogP contribution < -0.4 is 10.2 Å². The molecule has 22 heavy (non-hydrogen) atoms. The van der Waals surface area contributed by atoms with Crippen molar-refractivity contribution in [2.75, 3.05) is 24.5 Å². The van der Waals surface area contributed by atoms with E-state index in [9.17, 15) is 0 Å². The van der Waals surface area contributed by atoms with E-state index in [1.165, 1.54) is 22.2 Å². The maximum absolute atomic E-state index is 3.54. The molecule has 1 aliphatic rings. The quantitative estimate of drug-likeness (QED) is 0.776. The van der Waals surface area contributed by atoms with Crippen molar-refractivity contribution in [1.29, 1.82) is 0 Å². The second-order valence-corrected chi connectivity index (χ2v) is 5.99. The van der Waals surface area contributed by atoms with Crippen LogP contribution in [0.25, 0.3) is 10.9 Å². The Kier molecular flexibility index (Phi) is 3.57. The summed E-state index contributed by atoms with van der Waals surface area (Å²) in [4.78, 5) is 5.82. The summed E-state index contributed by atoms with van der Waals surface area (Å²) in [5.41, 5.74) is 3.94. The fourth-order valence-electron chi connectivity index (χ4n) is 3.39. The number of benzene rings is 2. The third kappa shape index (κ3) is 2.60. The zero-order chi connectivity index (χ0) is 14.8. The topological polar surface area (TPSA) is 31.1 Å². The van der Waals surface area contributed by atoms with Crippen molar-refractivity contribution in [1.82, 2.24) is 10.3 Å². The van der Waals surface area contributed by atoms with Gasteiger partial charge in [0.05, 0.1) is 0 Å². The van der Waals surface area contributed by atoms with Gasteiger partial charge in [-0.05, 0) is 36.2 Å². The van der Waals surface area contributed by atoms with Gasteiger partial charge in [-0.15, -0.1) is 0 Å². The third-order valence-corrected chi connectivity index (χ3v) is 4.53. The third-order valence-electron chi connectivity index (χ3n) is 4.53. The first kappa shape index (κ1) is 13.4. The predicted molar refractivity (Wildman–Crippen MR) is 92.4 cm³/mol. The highest BCUT2D eigenvalue weighted by atomic mass is 15.2. The van der Waals surface area contributed by atoms with Crippen molar-refractivity contribution in [2.24, 2.45) is 0 Å². The molecule has 3 nitrogen and oxygen atoms in total. The highest BCUT2D eigenvalue weighted by Gasteiger charge is 2.22. The van der Waals surface area contributed by atoms with E-state index in [1.54, 1.807) is 0 Å². The van der Waals surface area contributed by atoms with Crippen molar-refractivity contribution in [3.8, 4) is 0 Å². The Morgan fingerprint density at radius 3 is 2.86 bits per heavy atom. The molecule has 0 amide bonds. The fraction of sp³-hybridized carbons (Fsp3) is 0.263. The predicted octanol–water partition coefficient (Wildman–Crippen LogP) is 3.19. The Balaban J connectivity index is 1.62. The Morgan fingerprint density at radius 1 is 1.05 bits per heavy atom. The molecule has 1 aliphatic heterocycles. The number of hydrogen-bond acceptors (Lipinski definition) is 2. The average Bonchev–Trinajstić information content (AvgIpc) is 3.04. The molecule has 0 aliphatic carbocycles. The summed E-state index contributed by atoms with van der Waals surface area (Å²) >= 11 is 0. The van der Waals surface area contributed by atoms with E-state index in [4.69, 9.17) is 0 Å². The SMILES string of the molecule is c1ccc(CC2CNCCN2c2ccc3[nH]ccc3c2)cc1. The Morgan fingerprint density at radius 2 is 1.95 bits per heavy atom. The van der Waals surface area contributed by atoms with Crippen LogP contribution in [0.1, 0.15) is 5.56 Å². The molecule has 4 rings (SSSR count). The molecular weight excluding hydrogens is 270 g/mol. The number of rotatable bonds is 3. The number of hydrogen-bond donors (Lipinski definition) is 2. The lowest BCUT2D eigenvalue weighted by atomic mass is 10.0. The summed E-state index contributed by atoms with van der Waals surface area (Å²) in [6, 6.07) is 20.2. The van der Waals surface area contributed by atoms with Gasteiger partial charge in [0.1, 0.15) is 0 Å². The first-order valence-electron chi connectivity index (χ1n) is 7.98. The Hall–Kier alpha value is -2.26. The van der Waals surface area contributed by atoms with Gasteiger partial charge < -0.3 is 15.2 Å². The minimum atomic E-state index is 0.507. The van der Waals surface area contributed by atoms with Gasteiger partial charge in [-0.1, -0.05) is 30.3 Å². The molecule has 1 saturated heterocycles. The number of fused-ring (bicyclic) bond motifs is 1. The molecule has 0 bridgehead atoms. The lowest BCUT2D eigenvalue weighted by molar-refractivity contribution is 0.474. The summed E-state index contributed by atoms with van der Waals surface area (Å²) in [6.07, 6.45) is 3.09. The Labute approximate surface area is 131 Å². The van der Waals surface area contributed by atoms with E-state index in [0.717, 1.165) is 26.1 Å². The molecule has 1 unspecified atom stereocenters. The van der Waals surface area contributed by atoms with Crippen LogP contribution in [0.5, 0.6) is 0 Å². The number of aromatic nitrogens is 1. The minimum absolute atomic E-state index is 0.507. The van der Waals surface area contributed by atoms with Gasteiger partial charge in [0.25, 0.3) is 0 Å². The molecule has 0 saturated carbocycles. The monoisotopic (exact) mass is 291 g/mol. The maximum Gasteiger partial charge on any atom is 0.0455 e. The summed E-state index contributed by atoms with van der Waals surface area (Å²) in [5, 5.41) is 4.83. The largest absolute Gasteiger partial charge is 0.366 e. The average molecular weight is 291 g/mol. The molecule has 0 spiro atoms. The lowest BCUT2D eigenvalue weighted by Crippen LogP contribution is -2.52. The van der Waals surface area contributed by atoms with Crippen LogP contribution in [-0.4, -0.2) is 30.7 Å². The van der Waals surface area contributed by atoms with Crippen molar-refractivity contribution in [2.45, 2.75) is 12.5 Å². The van der Waals surface area contributed by atoms with Crippen LogP contribution >= 0.6 is 0 Å². The molecule has 1 fully saturated rings. The van der Waals surface area contributed by atoms with E-state index >= 15 is 0 Å². The van der Waals surface area contributed by atoms with Gasteiger partial charge in [-0.2, -0.15) is 0 Å². The van der Waals surface area contributed by atoms with Crippen molar-refractivity contribution in [3.05, 3.63) is 66.4 Å². The Bertz CT molecular complexity index is 747. The molecule has 2 aromatic carbocycles. The lowest BCUT2D eigenvalue weighted by Gasteiger charge is -2.38. The van der Waals surface area contributed by atoms with Gasteiger partial charge in [0.2, 0.25) is 0 Å². The zero-order valence-corrected chi connectivity index (χ0v) is 12.6. The van der Waals surface area contributed by atoms with Crippen LogP contribution in [-0.2, 0) is 6.42 Å². The summed E-state index contributed by atoms with van der Waals surface area (Å²) < 4.78 is 0. The smallest absolute Gasteiger partial charge is 0.0455 e. The number of anilines is 1. The van der Waals surface area contributed by atoms with Crippen LogP contribution in [0, 0.1) is 0 Å². The first-order chi connectivity index (χ1) is 10.9. The highest BCUT2D eigenvalue weighted by molar-refractivity contribution is 5.83. The number of nitrogens with zero attached hydrogens (tertiary/aromatic N) is 1. The van der Waals surface area contributed by atoms with Gasteiger partial charge in [0.15, 0.2) is 0 Å². The second kappa shape index (κ2) is 5.85. The normalized spacial score (nSPS) is 18.7. The molecule has 112 valence electrons. The van der Waals surface area contributed by atoms with E-state index < -0.39 is 0 Å². The van der Waals surface area contributed by atoms with Crippen LogP contribution in [0.15, 0.2) is 60.8 Å². The van der Waals surface area contributed by atoms with Crippen LogP contribution in [0.2, 0.25) is 0 Å². The number of piperazine rings is 1. The molecular formula is C19H21N3. The second-order valence-electron chi connectivity index (χ2n) is 5.99. The van der Waals surface area contributed by atoms with E-state index in [2.05, 4.69) is 69.8 Å². The van der Waals surface area contributed by atoms with Crippen molar-refractivity contribution >= 4 is 16.6 Å². The number of nitrogens with one attached hydrogen (secondary N) is 2. The molecule has 1 aromatic heterocycles. The first-order valence-corrected chi connectivity index (χ1v) is 7.98. The van der Waals surface area contributed by atoms with E-state index in [1.807, 2.05) is 6.20 Å². The van der Waals surface area contributed by atoms with Gasteiger partial charge in [-0.25, -0.2) is 0 Å². The van der Waals surface area contributed by atoms with Crippen molar-refractivity contribution in [3.63, 3.8) is 0 Å². The van der Waals surface area contributed by atoms with Crippen LogP contribution in [0.4, 0.5) is 5.69 Å². The maximum atomic E-state index is 3.54. The molecule has 2 heterocycles. The molecule has 3 heteroatoms. The number of aromatic amines is 1. The molecule has 3 aromatic rings. The summed E-state index contributed by atoms with van der Waals surface area (Å²) in [7, 11) is 0. The number of H-pyrrole nitrogens is 1. The standard InChI is InChI=1S/C19H21N3/c1-2-4-15(5-3-1)12-18-14-20-10-11-22(18)17-6-7-19-16(13-17)8-9-21-19/h1-9,13,18,20-21H,10-12,14H2.